The van der Waals surface area contributed by atoms with Gasteiger partial charge in [0.15, 0.2) is 0 Å². The average Bonchev–Trinajstić information content (AvgIpc) is 3.63. The smallest absolute Gasteiger partial charge is 0.253 e. The minimum Gasteiger partial charge on any atom is -0.383 e. The number of likely N-dealkylation sites (N-methyl/N-ethyl adjacent to an activating group) is 1. The maximum Gasteiger partial charge on any atom is 0.253 e. The Bertz CT molecular complexity index is 1260. The summed E-state index contributed by atoms with van der Waals surface area (Å²) in [6.45, 7) is 6.40. The standard InChI is InChI=1S/C30H38N4O2/c1-21-10-11-23(17-25(21)29(35)33(3)14-15-36-4)28-26(16-22-8-7-9-27(22)32-28)24-18-31-34(19-24)20-30(2)12-5-6-13-30/h10-11,16-19H,5-9,12-15,20H2,1-4H3. The van der Waals surface area contributed by atoms with Crippen molar-refractivity contribution in [2.75, 3.05) is 27.3 Å². The van der Waals surface area contributed by atoms with Crippen LogP contribution in [0.1, 0.15) is 66.2 Å². The average molecular weight is 487 g/mol. The first-order chi connectivity index (χ1) is 17.4. The van der Waals surface area contributed by atoms with E-state index in [0.717, 1.165) is 53.8 Å². The lowest BCUT2D eigenvalue weighted by Crippen LogP contribution is -2.30. The zero-order valence-electron chi connectivity index (χ0n) is 22.1. The summed E-state index contributed by atoms with van der Waals surface area (Å²) in [4.78, 5) is 20.1. The molecule has 36 heavy (non-hydrogen) atoms. The molecule has 2 aromatic heterocycles. The first-order valence-electron chi connectivity index (χ1n) is 13.3. The van der Waals surface area contributed by atoms with Gasteiger partial charge >= 0.3 is 0 Å². The highest BCUT2D eigenvalue weighted by Gasteiger charge is 2.29. The van der Waals surface area contributed by atoms with Gasteiger partial charge in [-0.2, -0.15) is 5.10 Å². The fourth-order valence-corrected chi connectivity index (χ4v) is 5.81. The Kier molecular flexibility index (Phi) is 6.98. The largest absolute Gasteiger partial charge is 0.383 e. The van der Waals surface area contributed by atoms with Gasteiger partial charge in [0.2, 0.25) is 0 Å². The molecule has 0 saturated heterocycles. The zero-order chi connectivity index (χ0) is 25.3. The third kappa shape index (κ3) is 4.96. The van der Waals surface area contributed by atoms with E-state index in [9.17, 15) is 4.79 Å². The van der Waals surface area contributed by atoms with Gasteiger partial charge in [-0.05, 0) is 67.7 Å². The molecule has 0 unspecified atom stereocenters. The van der Waals surface area contributed by atoms with Gasteiger partial charge in [-0.15, -0.1) is 0 Å². The van der Waals surface area contributed by atoms with Crippen LogP contribution in [0.3, 0.4) is 0 Å². The van der Waals surface area contributed by atoms with E-state index in [0.29, 0.717) is 24.1 Å². The van der Waals surface area contributed by atoms with E-state index >= 15 is 0 Å². The number of carbonyl (C=O) groups excluding carboxylic acids is 1. The molecule has 1 amide bonds. The first-order valence-corrected chi connectivity index (χ1v) is 13.3. The highest BCUT2D eigenvalue weighted by molar-refractivity contribution is 5.97. The molecule has 0 bridgehead atoms. The van der Waals surface area contributed by atoms with Crippen molar-refractivity contribution in [1.29, 1.82) is 0 Å². The van der Waals surface area contributed by atoms with Crippen molar-refractivity contribution in [2.45, 2.75) is 65.3 Å². The molecule has 0 N–H and O–H groups in total. The minimum absolute atomic E-state index is 0.00624. The molecule has 0 radical (unpaired) electrons. The van der Waals surface area contributed by atoms with Crippen LogP contribution in [-0.4, -0.2) is 52.9 Å². The molecule has 0 atom stereocenters. The molecule has 1 fully saturated rings. The number of rotatable bonds is 8. The number of carbonyl (C=O) groups is 1. The minimum atomic E-state index is 0.00624. The number of ether oxygens (including phenoxy) is 1. The summed E-state index contributed by atoms with van der Waals surface area (Å²) in [5.74, 6) is 0.00624. The van der Waals surface area contributed by atoms with Crippen molar-refractivity contribution in [2.24, 2.45) is 5.41 Å². The van der Waals surface area contributed by atoms with E-state index in [1.165, 1.54) is 36.9 Å². The molecule has 2 aliphatic carbocycles. The normalized spacial score (nSPS) is 16.3. The van der Waals surface area contributed by atoms with E-state index in [-0.39, 0.29) is 5.91 Å². The molecule has 2 aliphatic rings. The van der Waals surface area contributed by atoms with Crippen molar-refractivity contribution in [3.05, 3.63) is 59.0 Å². The zero-order valence-corrected chi connectivity index (χ0v) is 22.1. The third-order valence-corrected chi connectivity index (χ3v) is 8.07. The van der Waals surface area contributed by atoms with Crippen LogP contribution in [0, 0.1) is 12.3 Å². The Hall–Kier alpha value is -2.99. The second kappa shape index (κ2) is 10.2. The lowest BCUT2D eigenvalue weighted by Gasteiger charge is -2.23. The summed E-state index contributed by atoms with van der Waals surface area (Å²) in [6, 6.07) is 8.46. The second-order valence-electron chi connectivity index (χ2n) is 11.0. The molecular weight excluding hydrogens is 448 g/mol. The number of fused-ring (bicyclic) bond motifs is 1. The van der Waals surface area contributed by atoms with Crippen LogP contribution < -0.4 is 0 Å². The van der Waals surface area contributed by atoms with Crippen molar-refractivity contribution < 1.29 is 9.53 Å². The van der Waals surface area contributed by atoms with E-state index in [1.807, 2.05) is 32.3 Å². The van der Waals surface area contributed by atoms with Crippen LogP contribution in [0.15, 0.2) is 36.7 Å². The highest BCUT2D eigenvalue weighted by atomic mass is 16.5. The van der Waals surface area contributed by atoms with Crippen molar-refractivity contribution >= 4 is 5.91 Å². The Morgan fingerprint density at radius 2 is 1.94 bits per heavy atom. The lowest BCUT2D eigenvalue weighted by atomic mass is 9.89. The molecule has 6 nitrogen and oxygen atoms in total. The number of aromatic nitrogens is 3. The van der Waals surface area contributed by atoms with Gasteiger partial charge in [0, 0.05) is 61.4 Å². The Morgan fingerprint density at radius 3 is 2.72 bits per heavy atom. The van der Waals surface area contributed by atoms with Crippen LogP contribution in [0.4, 0.5) is 0 Å². The van der Waals surface area contributed by atoms with E-state index < -0.39 is 0 Å². The van der Waals surface area contributed by atoms with Crippen LogP contribution in [0.25, 0.3) is 22.4 Å². The number of benzene rings is 1. The van der Waals surface area contributed by atoms with Crippen LogP contribution >= 0.6 is 0 Å². The van der Waals surface area contributed by atoms with Gasteiger partial charge < -0.3 is 9.64 Å². The van der Waals surface area contributed by atoms with Gasteiger partial charge in [-0.1, -0.05) is 31.9 Å². The molecule has 0 aliphatic heterocycles. The van der Waals surface area contributed by atoms with Gasteiger partial charge in [-0.25, -0.2) is 0 Å². The maximum absolute atomic E-state index is 13.2. The quantitative estimate of drug-likeness (QED) is 0.409. The first kappa shape index (κ1) is 24.7. The number of aryl methyl sites for hydroxylation is 3. The third-order valence-electron chi connectivity index (χ3n) is 8.07. The topological polar surface area (TPSA) is 60.2 Å². The summed E-state index contributed by atoms with van der Waals surface area (Å²) in [7, 11) is 3.48. The summed E-state index contributed by atoms with van der Waals surface area (Å²) < 4.78 is 7.28. The van der Waals surface area contributed by atoms with Crippen LogP contribution in [0.2, 0.25) is 0 Å². The highest BCUT2D eigenvalue weighted by Crippen LogP contribution is 2.40. The van der Waals surface area contributed by atoms with Crippen LogP contribution in [-0.2, 0) is 24.1 Å². The number of nitrogens with zero attached hydrogens (tertiary/aromatic N) is 4. The Labute approximate surface area is 214 Å². The Balaban J connectivity index is 1.52. The molecule has 2 heterocycles. The molecular formula is C30H38N4O2. The predicted octanol–water partition coefficient (Wildman–Crippen LogP) is 5.71. The van der Waals surface area contributed by atoms with Gasteiger partial charge in [0.25, 0.3) is 5.91 Å². The second-order valence-corrected chi connectivity index (χ2v) is 11.0. The van der Waals surface area contributed by atoms with Crippen LogP contribution in [0.5, 0.6) is 0 Å². The number of amides is 1. The summed E-state index contributed by atoms with van der Waals surface area (Å²) >= 11 is 0. The van der Waals surface area contributed by atoms with Gasteiger partial charge in [-0.3, -0.25) is 14.5 Å². The van der Waals surface area contributed by atoms with E-state index in [1.54, 1.807) is 12.0 Å². The van der Waals surface area contributed by atoms with E-state index in [4.69, 9.17) is 14.8 Å². The monoisotopic (exact) mass is 486 g/mol. The summed E-state index contributed by atoms with van der Waals surface area (Å²) in [6.07, 6.45) is 12.6. The lowest BCUT2D eigenvalue weighted by molar-refractivity contribution is 0.0743. The molecule has 0 spiro atoms. The van der Waals surface area contributed by atoms with E-state index in [2.05, 4.69) is 29.9 Å². The molecule has 5 rings (SSSR count). The Morgan fingerprint density at radius 1 is 1.14 bits per heavy atom. The molecule has 6 heteroatoms. The van der Waals surface area contributed by atoms with Crippen molar-refractivity contribution in [1.82, 2.24) is 19.7 Å². The predicted molar refractivity (Wildman–Crippen MR) is 143 cm³/mol. The summed E-state index contributed by atoms with van der Waals surface area (Å²) in [5, 5.41) is 4.76. The van der Waals surface area contributed by atoms with Crippen molar-refractivity contribution in [3.8, 4) is 22.4 Å². The number of hydrogen-bond donors (Lipinski definition) is 0. The summed E-state index contributed by atoms with van der Waals surface area (Å²) in [5.41, 5.74) is 8.66. The van der Waals surface area contributed by atoms with Crippen molar-refractivity contribution in [3.63, 3.8) is 0 Å². The number of hydrogen-bond acceptors (Lipinski definition) is 4. The number of methoxy groups -OCH3 is 1. The molecule has 1 saturated carbocycles. The molecule has 3 aromatic rings. The maximum atomic E-state index is 13.2. The molecule has 190 valence electrons. The van der Waals surface area contributed by atoms with Gasteiger partial charge in [0.05, 0.1) is 18.5 Å². The fourth-order valence-electron chi connectivity index (χ4n) is 5.81. The molecule has 1 aromatic carbocycles. The number of pyridine rings is 1. The fraction of sp³-hybridized carbons (Fsp3) is 0.500. The van der Waals surface area contributed by atoms with Gasteiger partial charge in [0.1, 0.15) is 0 Å². The SMILES string of the molecule is COCCN(C)C(=O)c1cc(-c2nc3c(cc2-c2cnn(CC4(C)CCCC4)c2)CCC3)ccc1C.